The zero-order chi connectivity index (χ0) is 22.6. The summed E-state index contributed by atoms with van der Waals surface area (Å²) in [6.45, 7) is 9.25. The van der Waals surface area contributed by atoms with E-state index in [1.54, 1.807) is 11.9 Å². The van der Waals surface area contributed by atoms with Crippen LogP contribution in [0, 0.1) is 5.41 Å². The number of nitrogens with one attached hydrogen (secondary N) is 1. The second kappa shape index (κ2) is 9.68. The third-order valence-electron chi connectivity index (χ3n) is 5.72. The highest BCUT2D eigenvalue weighted by Crippen LogP contribution is 2.26. The number of likely N-dealkylation sites (N-methyl/N-ethyl adjacent to an activating group) is 1. The number of hydrogen-bond donors (Lipinski definition) is 1. The van der Waals surface area contributed by atoms with Crippen LogP contribution in [0.5, 0.6) is 0 Å². The molecule has 2 aliphatic heterocycles. The first-order chi connectivity index (χ1) is 14.7. The van der Waals surface area contributed by atoms with E-state index in [0.717, 1.165) is 38.4 Å². The van der Waals surface area contributed by atoms with E-state index in [9.17, 15) is 14.4 Å². The summed E-state index contributed by atoms with van der Waals surface area (Å²) in [5, 5.41) is 2.85. The van der Waals surface area contributed by atoms with Gasteiger partial charge in [0.05, 0.1) is 19.8 Å². The average molecular weight is 431 g/mol. The van der Waals surface area contributed by atoms with Gasteiger partial charge in [-0.15, -0.1) is 0 Å². The van der Waals surface area contributed by atoms with Crippen LogP contribution in [-0.2, 0) is 19.1 Å². The van der Waals surface area contributed by atoms with Crippen molar-refractivity contribution in [2.24, 2.45) is 5.41 Å². The molecule has 2 saturated heterocycles. The lowest BCUT2D eigenvalue weighted by molar-refractivity contribution is -0.148. The quantitative estimate of drug-likeness (QED) is 0.772. The number of carbonyl (C=O) groups is 3. The minimum Gasteiger partial charge on any atom is -0.378 e. The molecule has 2 aliphatic rings. The number of amides is 3. The van der Waals surface area contributed by atoms with Crippen molar-refractivity contribution in [2.45, 2.75) is 39.7 Å². The number of benzene rings is 1. The second-order valence-electron chi connectivity index (χ2n) is 9.30. The van der Waals surface area contributed by atoms with Crippen LogP contribution in [0.2, 0.25) is 0 Å². The van der Waals surface area contributed by atoms with Crippen LogP contribution in [0.4, 0.5) is 11.4 Å². The molecule has 0 spiro atoms. The van der Waals surface area contributed by atoms with Crippen molar-refractivity contribution < 1.29 is 19.1 Å². The first kappa shape index (κ1) is 23.1. The number of nitrogens with zero attached hydrogens (tertiary/aromatic N) is 3. The summed E-state index contributed by atoms with van der Waals surface area (Å²) in [6, 6.07) is 7.20. The van der Waals surface area contributed by atoms with Crippen LogP contribution < -0.4 is 10.2 Å². The summed E-state index contributed by atoms with van der Waals surface area (Å²) >= 11 is 0. The number of anilines is 2. The molecule has 1 N–H and O–H groups in total. The molecule has 3 rings (SSSR count). The van der Waals surface area contributed by atoms with Gasteiger partial charge in [0.2, 0.25) is 17.7 Å². The van der Waals surface area contributed by atoms with E-state index in [2.05, 4.69) is 10.2 Å². The molecular weight excluding hydrogens is 396 g/mol. The third-order valence-corrected chi connectivity index (χ3v) is 5.72. The molecule has 0 aliphatic carbocycles. The van der Waals surface area contributed by atoms with Gasteiger partial charge in [-0.2, -0.15) is 0 Å². The van der Waals surface area contributed by atoms with Crippen molar-refractivity contribution >= 4 is 29.1 Å². The Labute approximate surface area is 184 Å². The molecule has 0 bridgehead atoms. The molecule has 170 valence electrons. The summed E-state index contributed by atoms with van der Waals surface area (Å²) < 4.78 is 5.37. The lowest BCUT2D eigenvalue weighted by Crippen LogP contribution is -2.50. The molecule has 0 saturated carbocycles. The van der Waals surface area contributed by atoms with Crippen LogP contribution in [0.3, 0.4) is 0 Å². The normalized spacial score (nSPS) is 19.3. The van der Waals surface area contributed by atoms with Crippen molar-refractivity contribution in [3.8, 4) is 0 Å². The number of carbonyl (C=O) groups excluding carboxylic acids is 3. The van der Waals surface area contributed by atoms with Gasteiger partial charge in [-0.3, -0.25) is 14.4 Å². The summed E-state index contributed by atoms with van der Waals surface area (Å²) in [7, 11) is 1.61. The Bertz CT molecular complexity index is 797. The molecule has 8 heteroatoms. The van der Waals surface area contributed by atoms with Crippen LogP contribution in [0.25, 0.3) is 0 Å². The highest BCUT2D eigenvalue weighted by molar-refractivity contribution is 5.96. The number of rotatable bonds is 5. The topological polar surface area (TPSA) is 82.2 Å². The largest absolute Gasteiger partial charge is 0.378 e. The maximum Gasteiger partial charge on any atom is 0.245 e. The third kappa shape index (κ3) is 5.76. The van der Waals surface area contributed by atoms with E-state index in [4.69, 9.17) is 4.74 Å². The SMILES string of the molecule is CN(CC(=O)Nc1ccc(N2CCOCC2)cc1)C(=O)C1CCCN1C(=O)C(C)(C)C. The Morgan fingerprint density at radius 1 is 1.10 bits per heavy atom. The molecule has 2 heterocycles. The van der Waals surface area contributed by atoms with E-state index in [1.165, 1.54) is 4.90 Å². The predicted octanol–water partition coefficient (Wildman–Crippen LogP) is 1.96. The van der Waals surface area contributed by atoms with E-state index in [0.29, 0.717) is 18.7 Å². The molecule has 8 nitrogen and oxygen atoms in total. The lowest BCUT2D eigenvalue weighted by Gasteiger charge is -2.32. The standard InChI is InChI=1S/C23H34N4O4/c1-23(2,3)22(30)27-11-5-6-19(27)21(29)25(4)16-20(28)24-17-7-9-18(10-8-17)26-12-14-31-15-13-26/h7-10,19H,5-6,11-16H2,1-4H3,(H,24,28). The maximum absolute atomic E-state index is 12.9. The van der Waals surface area contributed by atoms with Crippen LogP contribution >= 0.6 is 0 Å². The molecule has 0 aromatic heterocycles. The smallest absolute Gasteiger partial charge is 0.245 e. The van der Waals surface area contributed by atoms with Gasteiger partial charge < -0.3 is 24.8 Å². The Balaban J connectivity index is 1.54. The van der Waals surface area contributed by atoms with Gasteiger partial charge in [0.1, 0.15) is 6.04 Å². The van der Waals surface area contributed by atoms with E-state index >= 15 is 0 Å². The molecule has 1 aromatic carbocycles. The molecular formula is C23H34N4O4. The first-order valence-electron chi connectivity index (χ1n) is 11.0. The first-order valence-corrected chi connectivity index (χ1v) is 11.0. The van der Waals surface area contributed by atoms with Crippen LogP contribution in [0.15, 0.2) is 24.3 Å². The Morgan fingerprint density at radius 2 is 1.74 bits per heavy atom. The lowest BCUT2D eigenvalue weighted by atomic mass is 9.94. The minimum atomic E-state index is -0.536. The summed E-state index contributed by atoms with van der Waals surface area (Å²) in [6.07, 6.45) is 1.43. The van der Waals surface area contributed by atoms with Crippen LogP contribution in [0.1, 0.15) is 33.6 Å². The summed E-state index contributed by atoms with van der Waals surface area (Å²) in [5.41, 5.74) is 1.25. The monoisotopic (exact) mass is 430 g/mol. The maximum atomic E-state index is 12.9. The van der Waals surface area contributed by atoms with E-state index in [1.807, 2.05) is 45.0 Å². The van der Waals surface area contributed by atoms with Crippen molar-refractivity contribution in [1.29, 1.82) is 0 Å². The molecule has 2 fully saturated rings. The van der Waals surface area contributed by atoms with Gasteiger partial charge in [0.15, 0.2) is 0 Å². The van der Waals surface area contributed by atoms with Crippen molar-refractivity contribution in [2.75, 3.05) is 56.7 Å². The summed E-state index contributed by atoms with van der Waals surface area (Å²) in [4.78, 5) is 43.4. The van der Waals surface area contributed by atoms with Gasteiger partial charge in [-0.1, -0.05) is 20.8 Å². The molecule has 0 radical (unpaired) electrons. The fourth-order valence-electron chi connectivity index (χ4n) is 4.02. The van der Waals surface area contributed by atoms with Crippen molar-refractivity contribution in [1.82, 2.24) is 9.80 Å². The number of morpholine rings is 1. The highest BCUT2D eigenvalue weighted by Gasteiger charge is 2.39. The Morgan fingerprint density at radius 3 is 2.35 bits per heavy atom. The number of likely N-dealkylation sites (tertiary alicyclic amines) is 1. The fraction of sp³-hybridized carbons (Fsp3) is 0.609. The van der Waals surface area contributed by atoms with Gasteiger partial charge >= 0.3 is 0 Å². The van der Waals surface area contributed by atoms with Gasteiger partial charge in [-0.25, -0.2) is 0 Å². The number of ether oxygens (including phenoxy) is 1. The van der Waals surface area contributed by atoms with Gasteiger partial charge in [0.25, 0.3) is 0 Å². The molecule has 1 atom stereocenters. The minimum absolute atomic E-state index is 0.0263. The fourth-order valence-corrected chi connectivity index (χ4v) is 4.02. The zero-order valence-corrected chi connectivity index (χ0v) is 19.0. The zero-order valence-electron chi connectivity index (χ0n) is 19.0. The molecule has 31 heavy (non-hydrogen) atoms. The summed E-state index contributed by atoms with van der Waals surface area (Å²) in [5.74, 6) is -0.476. The van der Waals surface area contributed by atoms with Crippen molar-refractivity contribution in [3.05, 3.63) is 24.3 Å². The van der Waals surface area contributed by atoms with Gasteiger partial charge in [0, 0.05) is 43.5 Å². The van der Waals surface area contributed by atoms with Crippen molar-refractivity contribution in [3.63, 3.8) is 0 Å². The van der Waals surface area contributed by atoms with Gasteiger partial charge in [-0.05, 0) is 37.1 Å². The number of hydrogen-bond acceptors (Lipinski definition) is 5. The molecule has 1 aromatic rings. The Hall–Kier alpha value is -2.61. The van der Waals surface area contributed by atoms with E-state index < -0.39 is 11.5 Å². The average Bonchev–Trinajstić information content (AvgIpc) is 3.22. The van der Waals surface area contributed by atoms with Crippen LogP contribution in [-0.4, -0.2) is 80.0 Å². The Kier molecular flexibility index (Phi) is 7.20. The highest BCUT2D eigenvalue weighted by atomic mass is 16.5. The predicted molar refractivity (Wildman–Crippen MR) is 120 cm³/mol. The molecule has 1 unspecified atom stereocenters. The van der Waals surface area contributed by atoms with E-state index in [-0.39, 0.29) is 24.3 Å². The second-order valence-corrected chi connectivity index (χ2v) is 9.30. The molecule has 3 amide bonds.